The van der Waals surface area contributed by atoms with Gasteiger partial charge in [0.1, 0.15) is 11.5 Å². The summed E-state index contributed by atoms with van der Waals surface area (Å²) in [6.07, 6.45) is 18.5. The Kier molecular flexibility index (Phi) is 13.2. The third-order valence-corrected chi connectivity index (χ3v) is 19.0. The number of hydrogen-bond donors (Lipinski definition) is 4. The van der Waals surface area contributed by atoms with Gasteiger partial charge in [0.05, 0.1) is 11.9 Å². The number of nitrogens with zero attached hydrogens (tertiary/aromatic N) is 4. The Hall–Kier alpha value is -6.16. The molecule has 6 aliphatic rings. The zero-order valence-corrected chi connectivity index (χ0v) is 42.8. The molecule has 6 aromatic rings. The number of aromatic nitrogens is 4. The van der Waals surface area contributed by atoms with Crippen LogP contribution in [0.5, 0.6) is 11.5 Å². The van der Waals surface area contributed by atoms with E-state index in [2.05, 4.69) is 60.7 Å². The lowest BCUT2D eigenvalue weighted by Crippen LogP contribution is -2.45. The van der Waals surface area contributed by atoms with Gasteiger partial charge in [0, 0.05) is 62.7 Å². The van der Waals surface area contributed by atoms with Gasteiger partial charge in [-0.3, -0.25) is 19.0 Å². The highest BCUT2D eigenvalue weighted by molar-refractivity contribution is 5.76. The van der Waals surface area contributed by atoms with Crippen molar-refractivity contribution in [1.82, 2.24) is 30.2 Å². The van der Waals surface area contributed by atoms with E-state index in [9.17, 15) is 19.8 Å². The first kappa shape index (κ1) is 48.1. The number of fused-ring (bicyclic) bond motifs is 14. The molecule has 2 saturated carbocycles. The van der Waals surface area contributed by atoms with Crippen LogP contribution in [-0.4, -0.2) is 41.6 Å². The molecule has 4 N–H and O–H groups in total. The fraction of sp³-hybridized carbons (Fsp3) is 0.484. The summed E-state index contributed by atoms with van der Waals surface area (Å²) in [5.74, 6) is 5.45. The molecule has 6 aliphatic carbocycles. The van der Waals surface area contributed by atoms with Crippen LogP contribution in [0.25, 0.3) is 0 Å². The number of benzene rings is 4. The smallest absolute Gasteiger partial charge is 0.220 e. The minimum Gasteiger partial charge on any atom is -0.508 e. The van der Waals surface area contributed by atoms with Crippen molar-refractivity contribution >= 4 is 11.8 Å². The lowest BCUT2D eigenvalue weighted by molar-refractivity contribution is -0.122. The summed E-state index contributed by atoms with van der Waals surface area (Å²) in [5.41, 5.74) is 13.7. The molecule has 10 atom stereocenters. The summed E-state index contributed by atoms with van der Waals surface area (Å²) < 4.78 is 4.13. The van der Waals surface area contributed by atoms with Crippen molar-refractivity contribution in [3.8, 4) is 11.5 Å². The first-order chi connectivity index (χ1) is 34.9. The first-order valence-corrected chi connectivity index (χ1v) is 27.2. The highest BCUT2D eigenvalue weighted by Crippen LogP contribution is 2.66. The van der Waals surface area contributed by atoms with Crippen molar-refractivity contribution in [2.24, 2.45) is 37.8 Å². The van der Waals surface area contributed by atoms with Crippen LogP contribution in [0.4, 0.5) is 0 Å². The Morgan fingerprint density at radius 1 is 0.639 bits per heavy atom. The fourth-order valence-corrected chi connectivity index (χ4v) is 16.1. The largest absolute Gasteiger partial charge is 0.508 e. The van der Waals surface area contributed by atoms with Gasteiger partial charge >= 0.3 is 0 Å². The number of nitrogens with one attached hydrogen (secondary N) is 2. The van der Waals surface area contributed by atoms with Crippen molar-refractivity contribution in [1.29, 1.82) is 0 Å². The monoisotopic (exact) mass is 967 g/mol. The van der Waals surface area contributed by atoms with Crippen LogP contribution in [-0.2, 0) is 60.4 Å². The van der Waals surface area contributed by atoms with E-state index >= 15 is 0 Å². The van der Waals surface area contributed by atoms with E-state index in [0.29, 0.717) is 84.8 Å². The molecule has 2 fully saturated rings. The SMILES string of the molecule is Cn1cc2c(n1)[C@@]1(C)CC[C@@H]3c4ccc(O)cc4CC[C@H]3[C@@H]1[C@@H]2CCCC(=O)NCc1ccccc1.Cn1ncc2c1[C@@]1(C)CC[C@@H]3c4ccc(O)cc4CC[C@H]3[C@@H]1[C@@H]2CCCC(=O)NCc1ccccc1. The number of hydrogen-bond acceptors (Lipinski definition) is 6. The fourth-order valence-electron chi connectivity index (χ4n) is 16.1. The van der Waals surface area contributed by atoms with Crippen LogP contribution >= 0.6 is 0 Å². The molecule has 2 heterocycles. The third kappa shape index (κ3) is 8.84. The maximum absolute atomic E-state index is 12.6. The normalized spacial score (nSPS) is 28.1. The van der Waals surface area contributed by atoms with E-state index in [-0.39, 0.29) is 22.6 Å². The maximum atomic E-state index is 12.6. The second-order valence-corrected chi connectivity index (χ2v) is 23.0. The standard InChI is InChI=1S/2C31H37N3O2/c1-31-16-15-24-23-14-12-22(35)17-21(23)11-13-26(24)29(31)25(27-19-34(2)33-30(27)31)9-6-10-28(36)32-18-20-7-4-3-5-8-20;1-31-16-15-24-23-14-12-22(35)17-21(23)11-13-26(24)29(31)25(27-19-33-34(2)30(27)31)9-6-10-28(36)32-18-20-7-4-3-5-8-20/h2*3-5,7-8,12,14,17,19,24-26,29,35H,6,9-11,13,15-16,18H2,1-2H3,(H,32,36)/t2*24-,25-,26-,29+,31+/m11/s1. The number of carbonyl (C=O) groups is 2. The predicted molar refractivity (Wildman–Crippen MR) is 282 cm³/mol. The Labute approximate surface area is 426 Å². The summed E-state index contributed by atoms with van der Waals surface area (Å²) in [6.45, 7) is 6.12. The van der Waals surface area contributed by atoms with Gasteiger partial charge in [-0.2, -0.15) is 10.2 Å². The molecular formula is C62H74N6O4. The van der Waals surface area contributed by atoms with Gasteiger partial charge in [0.15, 0.2) is 0 Å². The van der Waals surface area contributed by atoms with Crippen LogP contribution in [0.15, 0.2) is 109 Å². The van der Waals surface area contributed by atoms with Crippen LogP contribution in [0, 0.1) is 23.7 Å². The minimum atomic E-state index is 0.104. The highest BCUT2D eigenvalue weighted by Gasteiger charge is 2.60. The second-order valence-electron chi connectivity index (χ2n) is 23.0. The Morgan fingerprint density at radius 3 is 1.68 bits per heavy atom. The summed E-state index contributed by atoms with van der Waals surface area (Å²) in [6, 6.07) is 32.3. The number of rotatable bonds is 12. The summed E-state index contributed by atoms with van der Waals surface area (Å²) in [7, 11) is 4.14. The maximum Gasteiger partial charge on any atom is 0.220 e. The van der Waals surface area contributed by atoms with E-state index in [1.54, 1.807) is 0 Å². The van der Waals surface area contributed by atoms with Gasteiger partial charge in [0.25, 0.3) is 0 Å². The van der Waals surface area contributed by atoms with Crippen molar-refractivity contribution in [2.75, 3.05) is 0 Å². The molecule has 0 spiro atoms. The van der Waals surface area contributed by atoms with Crippen molar-refractivity contribution < 1.29 is 19.8 Å². The molecule has 0 aliphatic heterocycles. The van der Waals surface area contributed by atoms with E-state index in [1.807, 2.05) is 96.7 Å². The number of phenolic OH excluding ortho intramolecular Hbond substituents is 2. The van der Waals surface area contributed by atoms with Crippen molar-refractivity contribution in [2.45, 2.75) is 151 Å². The van der Waals surface area contributed by atoms with Gasteiger partial charge in [-0.05, 0) is 193 Å². The zero-order chi connectivity index (χ0) is 49.7. The van der Waals surface area contributed by atoms with Crippen LogP contribution in [0.3, 0.4) is 0 Å². The lowest BCUT2D eigenvalue weighted by Gasteiger charge is -2.51. The van der Waals surface area contributed by atoms with Crippen molar-refractivity contribution in [3.63, 3.8) is 0 Å². The van der Waals surface area contributed by atoms with Crippen LogP contribution in [0.1, 0.15) is 170 Å². The molecule has 12 rings (SSSR count). The van der Waals surface area contributed by atoms with E-state index < -0.39 is 0 Å². The zero-order valence-electron chi connectivity index (χ0n) is 42.8. The second kappa shape index (κ2) is 19.7. The van der Waals surface area contributed by atoms with Gasteiger partial charge in [0.2, 0.25) is 11.8 Å². The summed E-state index contributed by atoms with van der Waals surface area (Å²) in [5, 5.41) is 36.0. The average molecular weight is 967 g/mol. The molecule has 0 unspecified atom stereocenters. The van der Waals surface area contributed by atoms with Gasteiger partial charge in [-0.15, -0.1) is 0 Å². The molecule has 0 radical (unpaired) electrons. The number of aromatic hydroxyl groups is 2. The van der Waals surface area contributed by atoms with E-state index in [0.717, 1.165) is 56.1 Å². The summed E-state index contributed by atoms with van der Waals surface area (Å²) >= 11 is 0. The molecule has 0 saturated heterocycles. The molecule has 2 aromatic heterocycles. The van der Waals surface area contributed by atoms with Crippen LogP contribution < -0.4 is 10.6 Å². The molecule has 4 aromatic carbocycles. The molecule has 10 heteroatoms. The predicted octanol–water partition coefficient (Wildman–Crippen LogP) is 11.4. The van der Waals surface area contributed by atoms with Gasteiger partial charge in [-0.1, -0.05) is 86.6 Å². The molecular weight excluding hydrogens is 893 g/mol. The molecule has 10 nitrogen and oxygen atoms in total. The average Bonchev–Trinajstić information content (AvgIpc) is 4.11. The quantitative estimate of drug-likeness (QED) is 0.0965. The molecule has 2 amide bonds. The number of aryl methyl sites for hydroxylation is 4. The highest BCUT2D eigenvalue weighted by atomic mass is 16.3. The van der Waals surface area contributed by atoms with Crippen molar-refractivity contribution in [3.05, 3.63) is 165 Å². The Morgan fingerprint density at radius 2 is 1.14 bits per heavy atom. The minimum absolute atomic E-state index is 0.104. The van der Waals surface area contributed by atoms with Crippen LogP contribution in [0.2, 0.25) is 0 Å². The van der Waals surface area contributed by atoms with E-state index in [4.69, 9.17) is 10.2 Å². The molecule has 72 heavy (non-hydrogen) atoms. The first-order valence-electron chi connectivity index (χ1n) is 27.2. The Balaban J connectivity index is 0.000000156. The van der Waals surface area contributed by atoms with Gasteiger partial charge < -0.3 is 20.8 Å². The number of carbonyl (C=O) groups excluding carboxylic acids is 2. The van der Waals surface area contributed by atoms with E-state index in [1.165, 1.54) is 76.9 Å². The molecule has 376 valence electrons. The summed E-state index contributed by atoms with van der Waals surface area (Å²) in [4.78, 5) is 25.3. The topological polar surface area (TPSA) is 134 Å². The lowest BCUT2D eigenvalue weighted by atomic mass is 9.53. The Bertz CT molecular complexity index is 2870. The molecule has 0 bridgehead atoms. The third-order valence-electron chi connectivity index (χ3n) is 19.0. The number of amides is 2. The number of phenols is 2. The van der Waals surface area contributed by atoms with Gasteiger partial charge in [-0.25, -0.2) is 0 Å².